The molecule has 1 aromatic rings. The van der Waals surface area contributed by atoms with E-state index in [-0.39, 0.29) is 11.7 Å². The van der Waals surface area contributed by atoms with Crippen LogP contribution in [0.1, 0.15) is 43.5 Å². The molecule has 88 valence electrons. The van der Waals surface area contributed by atoms with E-state index in [2.05, 4.69) is 17.2 Å². The van der Waals surface area contributed by atoms with E-state index >= 15 is 0 Å². The van der Waals surface area contributed by atoms with E-state index in [4.69, 9.17) is 0 Å². The van der Waals surface area contributed by atoms with E-state index in [1.807, 2.05) is 0 Å². The van der Waals surface area contributed by atoms with Gasteiger partial charge in [0, 0.05) is 12.2 Å². The minimum atomic E-state index is -2.48. The molecule has 1 saturated heterocycles. The number of hydrogen-bond acceptors (Lipinski definition) is 2. The van der Waals surface area contributed by atoms with Gasteiger partial charge >= 0.3 is 0 Å². The molecule has 1 aliphatic rings. The number of piperidine rings is 1. The fourth-order valence-electron chi connectivity index (χ4n) is 2.04. The van der Waals surface area contributed by atoms with E-state index < -0.39 is 6.43 Å². The Labute approximate surface area is 94.1 Å². The summed E-state index contributed by atoms with van der Waals surface area (Å²) in [5, 5.41) is 3.41. The van der Waals surface area contributed by atoms with Gasteiger partial charge in [-0.2, -0.15) is 0 Å². The van der Waals surface area contributed by atoms with Crippen LogP contribution >= 0.6 is 0 Å². The van der Waals surface area contributed by atoms with Crippen LogP contribution in [0.4, 0.5) is 8.78 Å². The molecule has 0 aliphatic carbocycles. The average Bonchev–Trinajstić information content (AvgIpc) is 2.30. The SMILES string of the molecule is CC1CCC(c2ccc(C(F)F)nc2)NC1. The Morgan fingerprint density at radius 2 is 2.19 bits per heavy atom. The number of aromatic nitrogens is 1. The van der Waals surface area contributed by atoms with Gasteiger partial charge in [-0.25, -0.2) is 8.78 Å². The minimum Gasteiger partial charge on any atom is -0.310 e. The second-order valence-corrected chi connectivity index (χ2v) is 4.46. The van der Waals surface area contributed by atoms with Gasteiger partial charge in [-0.3, -0.25) is 4.98 Å². The fourth-order valence-corrected chi connectivity index (χ4v) is 2.04. The molecule has 0 radical (unpaired) electrons. The molecule has 2 atom stereocenters. The van der Waals surface area contributed by atoms with Gasteiger partial charge in [-0.15, -0.1) is 0 Å². The smallest absolute Gasteiger partial charge is 0.280 e. The lowest BCUT2D eigenvalue weighted by Gasteiger charge is -2.27. The molecule has 0 amide bonds. The van der Waals surface area contributed by atoms with Crippen molar-refractivity contribution in [3.8, 4) is 0 Å². The minimum absolute atomic E-state index is 0.145. The largest absolute Gasteiger partial charge is 0.310 e. The van der Waals surface area contributed by atoms with Crippen molar-refractivity contribution in [3.63, 3.8) is 0 Å². The van der Waals surface area contributed by atoms with Gasteiger partial charge in [0.2, 0.25) is 0 Å². The van der Waals surface area contributed by atoms with E-state index in [0.717, 1.165) is 18.5 Å². The molecule has 0 aromatic carbocycles. The van der Waals surface area contributed by atoms with Crippen LogP contribution in [0.3, 0.4) is 0 Å². The molecule has 0 saturated carbocycles. The Kier molecular flexibility index (Phi) is 3.49. The number of nitrogens with one attached hydrogen (secondary N) is 1. The first-order valence-electron chi connectivity index (χ1n) is 5.64. The standard InChI is InChI=1S/C12H16F2N2/c1-8-2-4-10(15-6-8)9-3-5-11(12(13)14)16-7-9/h3,5,7-8,10,12,15H,2,4,6H2,1H3. The fraction of sp³-hybridized carbons (Fsp3) is 0.583. The van der Waals surface area contributed by atoms with E-state index in [9.17, 15) is 8.78 Å². The third-order valence-electron chi connectivity index (χ3n) is 3.10. The monoisotopic (exact) mass is 226 g/mol. The van der Waals surface area contributed by atoms with Crippen LogP contribution in [0.2, 0.25) is 0 Å². The highest BCUT2D eigenvalue weighted by molar-refractivity contribution is 5.18. The van der Waals surface area contributed by atoms with Crippen molar-refractivity contribution in [3.05, 3.63) is 29.6 Å². The second kappa shape index (κ2) is 4.87. The number of nitrogens with zero attached hydrogens (tertiary/aromatic N) is 1. The molecule has 1 N–H and O–H groups in total. The highest BCUT2D eigenvalue weighted by Gasteiger charge is 2.19. The summed E-state index contributed by atoms with van der Waals surface area (Å²) in [5.74, 6) is 0.699. The summed E-state index contributed by atoms with van der Waals surface area (Å²) >= 11 is 0. The van der Waals surface area contributed by atoms with E-state index in [1.54, 1.807) is 12.3 Å². The van der Waals surface area contributed by atoms with Crippen molar-refractivity contribution < 1.29 is 8.78 Å². The van der Waals surface area contributed by atoms with Crippen LogP contribution in [0.5, 0.6) is 0 Å². The predicted octanol–water partition coefficient (Wildman–Crippen LogP) is 3.08. The van der Waals surface area contributed by atoms with Crippen LogP contribution in [-0.4, -0.2) is 11.5 Å². The lowest BCUT2D eigenvalue weighted by atomic mass is 9.93. The first-order chi connectivity index (χ1) is 7.66. The predicted molar refractivity (Wildman–Crippen MR) is 58.3 cm³/mol. The Balaban J connectivity index is 2.04. The van der Waals surface area contributed by atoms with Crippen molar-refractivity contribution in [1.29, 1.82) is 0 Å². The maximum atomic E-state index is 12.3. The number of halogens is 2. The third kappa shape index (κ3) is 2.55. The molecular weight excluding hydrogens is 210 g/mol. The highest BCUT2D eigenvalue weighted by atomic mass is 19.3. The molecule has 2 unspecified atom stereocenters. The summed E-state index contributed by atoms with van der Waals surface area (Å²) in [4.78, 5) is 3.78. The molecule has 2 rings (SSSR count). The summed E-state index contributed by atoms with van der Waals surface area (Å²) in [6, 6.07) is 3.44. The Morgan fingerprint density at radius 3 is 2.69 bits per heavy atom. The van der Waals surface area contributed by atoms with Crippen molar-refractivity contribution in [2.24, 2.45) is 5.92 Å². The summed E-state index contributed by atoms with van der Waals surface area (Å²) in [5.41, 5.74) is 0.865. The zero-order valence-corrected chi connectivity index (χ0v) is 9.29. The van der Waals surface area contributed by atoms with Crippen molar-refractivity contribution in [2.45, 2.75) is 32.2 Å². The maximum Gasteiger partial charge on any atom is 0.280 e. The first kappa shape index (κ1) is 11.5. The molecule has 2 heterocycles. The average molecular weight is 226 g/mol. The highest BCUT2D eigenvalue weighted by Crippen LogP contribution is 2.26. The van der Waals surface area contributed by atoms with Crippen molar-refractivity contribution in [1.82, 2.24) is 10.3 Å². The molecule has 1 aliphatic heterocycles. The topological polar surface area (TPSA) is 24.9 Å². The van der Waals surface area contributed by atoms with Crippen LogP contribution in [0, 0.1) is 5.92 Å². The maximum absolute atomic E-state index is 12.3. The van der Waals surface area contributed by atoms with Crippen LogP contribution in [0.25, 0.3) is 0 Å². The molecule has 0 bridgehead atoms. The van der Waals surface area contributed by atoms with Crippen LogP contribution in [0.15, 0.2) is 18.3 Å². The van der Waals surface area contributed by atoms with Gasteiger partial charge in [0.25, 0.3) is 6.43 Å². The Hall–Kier alpha value is -1.03. The molecule has 0 spiro atoms. The van der Waals surface area contributed by atoms with Crippen molar-refractivity contribution >= 4 is 0 Å². The summed E-state index contributed by atoms with van der Waals surface area (Å²) in [6.07, 6.45) is 1.31. The zero-order valence-electron chi connectivity index (χ0n) is 9.29. The molecule has 16 heavy (non-hydrogen) atoms. The molecule has 1 aromatic heterocycles. The number of pyridine rings is 1. The second-order valence-electron chi connectivity index (χ2n) is 4.46. The molecule has 4 heteroatoms. The summed E-state index contributed by atoms with van der Waals surface area (Å²) < 4.78 is 24.6. The van der Waals surface area contributed by atoms with Crippen LogP contribution in [-0.2, 0) is 0 Å². The summed E-state index contributed by atoms with van der Waals surface area (Å²) in [7, 11) is 0. The molecule has 2 nitrogen and oxygen atoms in total. The molecular formula is C12H16F2N2. The van der Waals surface area contributed by atoms with E-state index in [0.29, 0.717) is 5.92 Å². The first-order valence-corrected chi connectivity index (χ1v) is 5.64. The summed E-state index contributed by atoms with van der Waals surface area (Å²) in [6.45, 7) is 3.20. The van der Waals surface area contributed by atoms with Gasteiger partial charge in [0.05, 0.1) is 0 Å². The Bertz CT molecular complexity index is 329. The zero-order chi connectivity index (χ0) is 11.5. The van der Waals surface area contributed by atoms with Crippen LogP contribution < -0.4 is 5.32 Å². The number of hydrogen-bond donors (Lipinski definition) is 1. The normalized spacial score (nSPS) is 26.0. The van der Waals surface area contributed by atoms with Gasteiger partial charge in [-0.1, -0.05) is 13.0 Å². The van der Waals surface area contributed by atoms with E-state index in [1.165, 1.54) is 12.5 Å². The Morgan fingerprint density at radius 1 is 1.38 bits per heavy atom. The van der Waals surface area contributed by atoms with Crippen molar-refractivity contribution in [2.75, 3.05) is 6.54 Å². The van der Waals surface area contributed by atoms with Gasteiger partial charge < -0.3 is 5.32 Å². The number of rotatable bonds is 2. The lowest BCUT2D eigenvalue weighted by Crippen LogP contribution is -2.31. The lowest BCUT2D eigenvalue weighted by molar-refractivity contribution is 0.146. The quantitative estimate of drug-likeness (QED) is 0.838. The third-order valence-corrected chi connectivity index (χ3v) is 3.10. The number of alkyl halides is 2. The van der Waals surface area contributed by atoms with Gasteiger partial charge in [0.15, 0.2) is 0 Å². The van der Waals surface area contributed by atoms with Gasteiger partial charge in [-0.05, 0) is 36.9 Å². The van der Waals surface area contributed by atoms with Gasteiger partial charge in [0.1, 0.15) is 5.69 Å². The molecule has 1 fully saturated rings.